The van der Waals surface area contributed by atoms with E-state index < -0.39 is 0 Å². The molecule has 1 heterocycles. The topological polar surface area (TPSA) is 43.8 Å². The van der Waals surface area contributed by atoms with Gasteiger partial charge in [0.25, 0.3) is 0 Å². The number of rotatable bonds is 5. The van der Waals surface area contributed by atoms with Crippen LogP contribution in [-0.4, -0.2) is 15.8 Å². The molecule has 0 spiro atoms. The quantitative estimate of drug-likeness (QED) is 0.913. The zero-order chi connectivity index (χ0) is 13.8. The first kappa shape index (κ1) is 14.1. The number of aromatic nitrogens is 2. The normalized spacial score (nSPS) is 12.6. The van der Waals surface area contributed by atoms with Crippen molar-refractivity contribution >= 4 is 11.6 Å². The number of aryl methyl sites for hydroxylation is 2. The molecule has 0 aliphatic carbocycles. The van der Waals surface area contributed by atoms with Gasteiger partial charge in [-0.3, -0.25) is 4.68 Å². The number of nitrogens with zero attached hydrogens (tertiary/aromatic N) is 2. The van der Waals surface area contributed by atoms with Crippen molar-refractivity contribution in [2.45, 2.75) is 32.2 Å². The van der Waals surface area contributed by atoms with Crippen molar-refractivity contribution in [2.24, 2.45) is 12.8 Å². The van der Waals surface area contributed by atoms with Crippen molar-refractivity contribution in [3.05, 3.63) is 52.3 Å². The second-order valence-corrected chi connectivity index (χ2v) is 5.34. The molecule has 2 N–H and O–H groups in total. The lowest BCUT2D eigenvalue weighted by Gasteiger charge is -2.12. The van der Waals surface area contributed by atoms with Gasteiger partial charge in [0, 0.05) is 30.2 Å². The van der Waals surface area contributed by atoms with Crippen LogP contribution in [0.3, 0.4) is 0 Å². The van der Waals surface area contributed by atoms with E-state index in [1.54, 1.807) is 0 Å². The predicted octanol–water partition coefficient (Wildman–Crippen LogP) is 2.75. The fourth-order valence-electron chi connectivity index (χ4n) is 2.24. The maximum absolute atomic E-state index is 6.22. The van der Waals surface area contributed by atoms with Crippen LogP contribution < -0.4 is 5.73 Å². The summed E-state index contributed by atoms with van der Waals surface area (Å²) in [6.45, 7) is 2.11. The van der Waals surface area contributed by atoms with Gasteiger partial charge in [-0.1, -0.05) is 30.7 Å². The second-order valence-electron chi connectivity index (χ2n) is 4.90. The van der Waals surface area contributed by atoms with Crippen LogP contribution in [0.4, 0.5) is 0 Å². The average Bonchev–Trinajstić information content (AvgIpc) is 2.70. The Kier molecular flexibility index (Phi) is 4.61. The molecule has 1 unspecified atom stereocenters. The van der Waals surface area contributed by atoms with Crippen LogP contribution in [0.25, 0.3) is 0 Å². The summed E-state index contributed by atoms with van der Waals surface area (Å²) in [6.07, 6.45) is 2.61. The van der Waals surface area contributed by atoms with E-state index in [9.17, 15) is 0 Å². The molecule has 0 saturated heterocycles. The Hall–Kier alpha value is -1.32. The Morgan fingerprint density at radius 1 is 1.32 bits per heavy atom. The monoisotopic (exact) mass is 277 g/mol. The van der Waals surface area contributed by atoms with Gasteiger partial charge in [0.05, 0.1) is 5.69 Å². The molecule has 0 saturated carbocycles. The molecule has 1 aromatic carbocycles. The van der Waals surface area contributed by atoms with Crippen LogP contribution in [0, 0.1) is 0 Å². The molecule has 0 aliphatic rings. The molecule has 0 fully saturated rings. The molecule has 2 aromatic rings. The number of nitrogens with two attached hydrogens (primary N) is 1. The molecule has 0 radical (unpaired) electrons. The van der Waals surface area contributed by atoms with E-state index in [-0.39, 0.29) is 6.04 Å². The van der Waals surface area contributed by atoms with Gasteiger partial charge in [-0.25, -0.2) is 0 Å². The van der Waals surface area contributed by atoms with Gasteiger partial charge in [0.2, 0.25) is 0 Å². The highest BCUT2D eigenvalue weighted by molar-refractivity contribution is 6.30. The van der Waals surface area contributed by atoms with Gasteiger partial charge in [-0.2, -0.15) is 5.10 Å². The summed E-state index contributed by atoms with van der Waals surface area (Å²) in [4.78, 5) is 0. The van der Waals surface area contributed by atoms with E-state index in [1.807, 2.05) is 29.9 Å². The molecule has 19 heavy (non-hydrogen) atoms. The zero-order valence-electron chi connectivity index (χ0n) is 11.4. The van der Waals surface area contributed by atoms with Gasteiger partial charge >= 0.3 is 0 Å². The fraction of sp³-hybridized carbons (Fsp3) is 0.400. The van der Waals surface area contributed by atoms with Gasteiger partial charge < -0.3 is 5.73 Å². The molecule has 3 nitrogen and oxygen atoms in total. The number of hydrogen-bond acceptors (Lipinski definition) is 2. The van der Waals surface area contributed by atoms with E-state index in [0.717, 1.165) is 30.0 Å². The minimum Gasteiger partial charge on any atom is -0.327 e. The standard InChI is InChI=1S/C15H20ClN3/c1-3-14-10-15(19(2)18-14)9-13(17)8-11-5-4-6-12(16)7-11/h4-7,10,13H,3,8-9,17H2,1-2H3. The van der Waals surface area contributed by atoms with E-state index >= 15 is 0 Å². The molecular weight excluding hydrogens is 258 g/mol. The molecule has 1 aromatic heterocycles. The third-order valence-electron chi connectivity index (χ3n) is 3.25. The molecular formula is C15H20ClN3. The van der Waals surface area contributed by atoms with Gasteiger partial charge in [-0.15, -0.1) is 0 Å². The first-order valence-corrected chi connectivity index (χ1v) is 6.98. The lowest BCUT2D eigenvalue weighted by Crippen LogP contribution is -2.26. The van der Waals surface area contributed by atoms with Crippen LogP contribution >= 0.6 is 11.6 Å². The Balaban J connectivity index is 2.00. The molecule has 2 rings (SSSR count). The lowest BCUT2D eigenvalue weighted by atomic mass is 10.0. The van der Waals surface area contributed by atoms with Crippen LogP contribution in [0.5, 0.6) is 0 Å². The summed E-state index contributed by atoms with van der Waals surface area (Å²) in [5.41, 5.74) is 9.71. The van der Waals surface area contributed by atoms with Crippen molar-refractivity contribution in [2.75, 3.05) is 0 Å². The van der Waals surface area contributed by atoms with E-state index in [2.05, 4.69) is 24.2 Å². The molecule has 0 aliphatic heterocycles. The fourth-order valence-corrected chi connectivity index (χ4v) is 2.46. The summed E-state index contributed by atoms with van der Waals surface area (Å²) in [6, 6.07) is 10.1. The first-order valence-electron chi connectivity index (χ1n) is 6.60. The average molecular weight is 278 g/mol. The van der Waals surface area contributed by atoms with E-state index in [0.29, 0.717) is 0 Å². The molecule has 1 atom stereocenters. The summed E-state index contributed by atoms with van der Waals surface area (Å²) in [5.74, 6) is 0. The largest absolute Gasteiger partial charge is 0.327 e. The predicted molar refractivity (Wildman–Crippen MR) is 79.4 cm³/mol. The number of hydrogen-bond donors (Lipinski definition) is 1. The second kappa shape index (κ2) is 6.22. The molecule has 102 valence electrons. The smallest absolute Gasteiger partial charge is 0.0624 e. The summed E-state index contributed by atoms with van der Waals surface area (Å²) >= 11 is 5.98. The first-order chi connectivity index (χ1) is 9.08. The maximum atomic E-state index is 6.22. The van der Waals surface area contributed by atoms with Crippen molar-refractivity contribution in [3.8, 4) is 0 Å². The number of halogens is 1. The SMILES string of the molecule is CCc1cc(CC(N)Cc2cccc(Cl)c2)n(C)n1. The van der Waals surface area contributed by atoms with Crippen molar-refractivity contribution in [1.82, 2.24) is 9.78 Å². The summed E-state index contributed by atoms with van der Waals surface area (Å²) in [5, 5.41) is 5.21. The summed E-state index contributed by atoms with van der Waals surface area (Å²) in [7, 11) is 1.97. The van der Waals surface area contributed by atoms with Gasteiger partial charge in [0.1, 0.15) is 0 Å². The molecule has 0 bridgehead atoms. The van der Waals surface area contributed by atoms with E-state index in [1.165, 1.54) is 11.3 Å². The Bertz CT molecular complexity index is 548. The van der Waals surface area contributed by atoms with E-state index in [4.69, 9.17) is 17.3 Å². The Morgan fingerprint density at radius 3 is 2.74 bits per heavy atom. The van der Waals surface area contributed by atoms with Crippen LogP contribution in [0.2, 0.25) is 5.02 Å². The molecule has 4 heteroatoms. The third-order valence-corrected chi connectivity index (χ3v) is 3.48. The molecule has 0 amide bonds. The van der Waals surface area contributed by atoms with Crippen LogP contribution in [-0.2, 0) is 26.3 Å². The van der Waals surface area contributed by atoms with Gasteiger partial charge in [0.15, 0.2) is 0 Å². The maximum Gasteiger partial charge on any atom is 0.0624 e. The van der Waals surface area contributed by atoms with Crippen LogP contribution in [0.1, 0.15) is 23.9 Å². The van der Waals surface area contributed by atoms with Crippen molar-refractivity contribution < 1.29 is 0 Å². The zero-order valence-corrected chi connectivity index (χ0v) is 12.2. The van der Waals surface area contributed by atoms with Crippen molar-refractivity contribution in [3.63, 3.8) is 0 Å². The summed E-state index contributed by atoms with van der Waals surface area (Å²) < 4.78 is 1.93. The lowest BCUT2D eigenvalue weighted by molar-refractivity contribution is 0.611. The minimum absolute atomic E-state index is 0.0820. The highest BCUT2D eigenvalue weighted by Gasteiger charge is 2.10. The Morgan fingerprint density at radius 2 is 2.11 bits per heavy atom. The van der Waals surface area contributed by atoms with Crippen LogP contribution in [0.15, 0.2) is 30.3 Å². The Labute approximate surface area is 119 Å². The van der Waals surface area contributed by atoms with Gasteiger partial charge in [-0.05, 0) is 36.6 Å². The third kappa shape index (κ3) is 3.82. The highest BCUT2D eigenvalue weighted by Crippen LogP contribution is 2.14. The highest BCUT2D eigenvalue weighted by atomic mass is 35.5. The minimum atomic E-state index is 0.0820. The van der Waals surface area contributed by atoms with Crippen molar-refractivity contribution in [1.29, 1.82) is 0 Å². The number of benzene rings is 1.